The Morgan fingerprint density at radius 1 is 1.08 bits per heavy atom. The molecule has 0 aromatic heterocycles. The highest BCUT2D eigenvalue weighted by atomic mass is 16.2. The maximum atomic E-state index is 12.6. The first-order valence-corrected chi connectivity index (χ1v) is 9.65. The van der Waals surface area contributed by atoms with Gasteiger partial charge in [0, 0.05) is 45.8 Å². The predicted octanol–water partition coefficient (Wildman–Crippen LogP) is 1.26. The molecule has 0 aliphatic carbocycles. The molecule has 25 heavy (non-hydrogen) atoms. The number of benzene rings is 1. The van der Waals surface area contributed by atoms with Crippen molar-refractivity contribution in [3.05, 3.63) is 35.9 Å². The maximum absolute atomic E-state index is 12.6. The van der Waals surface area contributed by atoms with Crippen molar-refractivity contribution in [2.75, 3.05) is 59.4 Å². The Morgan fingerprint density at radius 3 is 2.52 bits per heavy atom. The highest BCUT2D eigenvalue weighted by molar-refractivity contribution is 5.78. The molecule has 5 heteroatoms. The van der Waals surface area contributed by atoms with E-state index in [4.69, 9.17) is 0 Å². The number of rotatable bonds is 6. The summed E-state index contributed by atoms with van der Waals surface area (Å²) in [7, 11) is 2.00. The highest BCUT2D eigenvalue weighted by Gasteiger charge is 2.25. The molecule has 138 valence electrons. The second kappa shape index (κ2) is 9.32. The van der Waals surface area contributed by atoms with Crippen LogP contribution in [0.2, 0.25) is 0 Å². The van der Waals surface area contributed by atoms with Gasteiger partial charge in [0.2, 0.25) is 5.91 Å². The van der Waals surface area contributed by atoms with Crippen molar-refractivity contribution in [2.24, 2.45) is 5.92 Å². The Bertz CT molecular complexity index is 526. The molecule has 5 nitrogen and oxygen atoms in total. The van der Waals surface area contributed by atoms with Crippen LogP contribution in [0.3, 0.4) is 0 Å². The molecule has 2 saturated heterocycles. The van der Waals surface area contributed by atoms with Crippen molar-refractivity contribution in [1.82, 2.24) is 20.0 Å². The summed E-state index contributed by atoms with van der Waals surface area (Å²) in [5, 5.41) is 3.25. The standard InChI is InChI=1S/C20H32N4O/c1-21-14-19-8-5-9-24(16-19)20(25)17-23-12-10-22(11-13-23)15-18-6-3-2-4-7-18/h2-4,6-7,19,21H,5,8-17H2,1H3. The van der Waals surface area contributed by atoms with E-state index in [9.17, 15) is 4.79 Å². The van der Waals surface area contributed by atoms with Crippen molar-refractivity contribution in [3.8, 4) is 0 Å². The monoisotopic (exact) mass is 344 g/mol. The summed E-state index contributed by atoms with van der Waals surface area (Å²) < 4.78 is 0. The molecule has 1 N–H and O–H groups in total. The summed E-state index contributed by atoms with van der Waals surface area (Å²) in [6.45, 7) is 8.56. The fourth-order valence-corrected chi connectivity index (χ4v) is 3.99. The average Bonchev–Trinajstić information content (AvgIpc) is 2.65. The third kappa shape index (κ3) is 5.53. The first-order valence-electron chi connectivity index (χ1n) is 9.65. The van der Waals surface area contributed by atoms with Gasteiger partial charge in [-0.25, -0.2) is 0 Å². The lowest BCUT2D eigenvalue weighted by Crippen LogP contribution is -2.51. The van der Waals surface area contributed by atoms with E-state index in [1.54, 1.807) is 0 Å². The molecule has 0 radical (unpaired) electrons. The van der Waals surface area contributed by atoms with Crippen molar-refractivity contribution in [1.29, 1.82) is 0 Å². The van der Waals surface area contributed by atoms with E-state index < -0.39 is 0 Å². The van der Waals surface area contributed by atoms with Crippen LogP contribution in [0.5, 0.6) is 0 Å². The van der Waals surface area contributed by atoms with Crippen LogP contribution in [0.15, 0.2) is 30.3 Å². The number of hydrogen-bond acceptors (Lipinski definition) is 4. The van der Waals surface area contributed by atoms with Gasteiger partial charge in [-0.1, -0.05) is 30.3 Å². The van der Waals surface area contributed by atoms with Crippen LogP contribution in [0.1, 0.15) is 18.4 Å². The topological polar surface area (TPSA) is 38.8 Å². The van der Waals surface area contributed by atoms with Gasteiger partial charge in [0.25, 0.3) is 0 Å². The molecule has 1 amide bonds. The smallest absolute Gasteiger partial charge is 0.236 e. The summed E-state index contributed by atoms with van der Waals surface area (Å²) in [6, 6.07) is 10.6. The second-order valence-electron chi connectivity index (χ2n) is 7.44. The molecule has 0 bridgehead atoms. The van der Waals surface area contributed by atoms with E-state index in [0.29, 0.717) is 18.4 Å². The molecule has 2 heterocycles. The van der Waals surface area contributed by atoms with Crippen molar-refractivity contribution in [2.45, 2.75) is 19.4 Å². The van der Waals surface area contributed by atoms with Crippen LogP contribution in [0.4, 0.5) is 0 Å². The van der Waals surface area contributed by atoms with Gasteiger partial charge in [-0.2, -0.15) is 0 Å². The van der Waals surface area contributed by atoms with Crippen LogP contribution in [-0.2, 0) is 11.3 Å². The minimum atomic E-state index is 0.317. The predicted molar refractivity (Wildman–Crippen MR) is 101 cm³/mol. The first-order chi connectivity index (χ1) is 12.2. The van der Waals surface area contributed by atoms with Gasteiger partial charge in [-0.15, -0.1) is 0 Å². The van der Waals surface area contributed by atoms with Crippen molar-refractivity contribution >= 4 is 5.91 Å². The molecular formula is C20H32N4O. The largest absolute Gasteiger partial charge is 0.341 e. The molecular weight excluding hydrogens is 312 g/mol. The number of nitrogens with zero attached hydrogens (tertiary/aromatic N) is 3. The minimum absolute atomic E-state index is 0.317. The Kier molecular flexibility index (Phi) is 6.84. The number of carbonyl (C=O) groups is 1. The summed E-state index contributed by atoms with van der Waals surface area (Å²) in [4.78, 5) is 19.5. The molecule has 2 fully saturated rings. The fourth-order valence-electron chi connectivity index (χ4n) is 3.99. The number of piperidine rings is 1. The summed E-state index contributed by atoms with van der Waals surface area (Å²) in [6.07, 6.45) is 2.38. The Balaban J connectivity index is 1.40. The van der Waals surface area contributed by atoms with E-state index in [0.717, 1.165) is 58.8 Å². The lowest BCUT2D eigenvalue weighted by Gasteiger charge is -2.37. The Morgan fingerprint density at radius 2 is 1.80 bits per heavy atom. The Labute approximate surface area is 152 Å². The SMILES string of the molecule is CNCC1CCCN(C(=O)CN2CCN(Cc3ccccc3)CC2)C1. The van der Waals surface area contributed by atoms with Crippen molar-refractivity contribution in [3.63, 3.8) is 0 Å². The fraction of sp³-hybridized carbons (Fsp3) is 0.650. The average molecular weight is 345 g/mol. The van der Waals surface area contributed by atoms with E-state index >= 15 is 0 Å². The van der Waals surface area contributed by atoms with Gasteiger partial charge >= 0.3 is 0 Å². The number of amides is 1. The lowest BCUT2D eigenvalue weighted by molar-refractivity contribution is -0.134. The zero-order valence-electron chi connectivity index (χ0n) is 15.5. The molecule has 0 spiro atoms. The number of piperazine rings is 1. The first kappa shape index (κ1) is 18.4. The molecule has 1 aromatic rings. The van der Waals surface area contributed by atoms with Gasteiger partial charge in [0.05, 0.1) is 6.54 Å². The lowest BCUT2D eigenvalue weighted by atomic mass is 9.98. The molecule has 1 aromatic carbocycles. The van der Waals surface area contributed by atoms with Gasteiger partial charge in [-0.3, -0.25) is 14.6 Å². The molecule has 2 aliphatic rings. The summed E-state index contributed by atoms with van der Waals surface area (Å²) >= 11 is 0. The zero-order valence-corrected chi connectivity index (χ0v) is 15.5. The normalized spacial score (nSPS) is 22.9. The van der Waals surface area contributed by atoms with E-state index in [1.807, 2.05) is 7.05 Å². The third-order valence-electron chi connectivity index (χ3n) is 5.44. The van der Waals surface area contributed by atoms with Crippen LogP contribution < -0.4 is 5.32 Å². The van der Waals surface area contributed by atoms with Crippen LogP contribution in [0, 0.1) is 5.92 Å². The number of nitrogens with one attached hydrogen (secondary N) is 1. The highest BCUT2D eigenvalue weighted by Crippen LogP contribution is 2.16. The minimum Gasteiger partial charge on any atom is -0.341 e. The van der Waals surface area contributed by atoms with E-state index in [2.05, 4.69) is 50.3 Å². The number of likely N-dealkylation sites (tertiary alicyclic amines) is 1. The van der Waals surface area contributed by atoms with Crippen molar-refractivity contribution < 1.29 is 4.79 Å². The summed E-state index contributed by atoms with van der Waals surface area (Å²) in [5.41, 5.74) is 1.37. The zero-order chi connectivity index (χ0) is 17.5. The van der Waals surface area contributed by atoms with Gasteiger partial charge in [0.1, 0.15) is 0 Å². The van der Waals surface area contributed by atoms with E-state index in [-0.39, 0.29) is 0 Å². The molecule has 3 rings (SSSR count). The van der Waals surface area contributed by atoms with E-state index in [1.165, 1.54) is 12.0 Å². The van der Waals surface area contributed by atoms with Gasteiger partial charge < -0.3 is 10.2 Å². The maximum Gasteiger partial charge on any atom is 0.236 e. The number of hydrogen-bond donors (Lipinski definition) is 1. The number of carbonyl (C=O) groups excluding carboxylic acids is 1. The third-order valence-corrected chi connectivity index (χ3v) is 5.44. The summed E-state index contributed by atoms with van der Waals surface area (Å²) in [5.74, 6) is 0.933. The molecule has 1 unspecified atom stereocenters. The van der Waals surface area contributed by atoms with Crippen LogP contribution in [-0.4, -0.2) is 80.0 Å². The Hall–Kier alpha value is -1.43. The van der Waals surface area contributed by atoms with Gasteiger partial charge in [0.15, 0.2) is 0 Å². The van der Waals surface area contributed by atoms with Crippen LogP contribution in [0.25, 0.3) is 0 Å². The van der Waals surface area contributed by atoms with Crippen LogP contribution >= 0.6 is 0 Å². The molecule has 2 aliphatic heterocycles. The second-order valence-corrected chi connectivity index (χ2v) is 7.44. The molecule has 0 saturated carbocycles. The molecule has 1 atom stereocenters. The van der Waals surface area contributed by atoms with Gasteiger partial charge in [-0.05, 0) is 37.9 Å². The quantitative estimate of drug-likeness (QED) is 0.843.